The molecule has 47 heteroatoms. The first-order valence-corrected chi connectivity index (χ1v) is 32.1. The number of anilines is 3. The van der Waals surface area contributed by atoms with Crippen molar-refractivity contribution in [3.63, 3.8) is 0 Å². The van der Waals surface area contributed by atoms with Crippen LogP contribution in [0, 0.1) is 17.8 Å². The van der Waals surface area contributed by atoms with Gasteiger partial charge < -0.3 is 97.4 Å². The van der Waals surface area contributed by atoms with E-state index in [1.807, 2.05) is 0 Å². The molecule has 3 unspecified atom stereocenters. The SMILES string of the molecule is CNc1nc(Cl)nc2c1ncn2CC(COP(=O)(O)O)COP(=O)(O)O.CNc1nc(Cl)nc2c1ncn2CCC(COP(=O)(O)O)COP(=O)(O)O.CNc1ncnc2c1ncn2[C@H]1CC(OP(=O)([O-])O)[C@@H](COP(=O)([O-])O)C1. The summed E-state index contributed by atoms with van der Waals surface area (Å²) in [6.45, 7) is -2.26. The Hall–Kier alpha value is -3.71. The molecule has 6 aromatic rings. The number of hydrogen-bond donors (Lipinski definition) is 13. The largest absolute Gasteiger partial charge is 0.756 e. The number of aryl methyl sites for hydroxylation is 1. The lowest BCUT2D eigenvalue weighted by molar-refractivity contribution is -0.226. The molecule has 0 aliphatic heterocycles. The van der Waals surface area contributed by atoms with E-state index in [4.69, 9.17) is 72.1 Å². The van der Waals surface area contributed by atoms with E-state index in [0.717, 1.165) is 0 Å². The zero-order valence-corrected chi connectivity index (χ0v) is 48.1. The third-order valence-electron chi connectivity index (χ3n) is 10.8. The zero-order chi connectivity index (χ0) is 59.6. The number of fused-ring (bicyclic) bond motifs is 3. The third-order valence-corrected chi connectivity index (χ3v) is 14.1. The lowest BCUT2D eigenvalue weighted by Crippen LogP contribution is -2.24. The molecule has 7 rings (SSSR count). The second kappa shape index (κ2) is 28.2. The first kappa shape index (κ1) is 67.1. The van der Waals surface area contributed by atoms with E-state index in [-0.39, 0.29) is 49.0 Å². The minimum atomic E-state index is -5.06. The normalized spacial score (nSPS) is 17.8. The third kappa shape index (κ3) is 21.8. The van der Waals surface area contributed by atoms with Crippen LogP contribution >= 0.6 is 70.1 Å². The number of phosphoric ester groups is 6. The molecule has 39 nitrogen and oxygen atoms in total. The van der Waals surface area contributed by atoms with Gasteiger partial charge in [-0.3, -0.25) is 27.2 Å². The Morgan fingerprint density at radius 2 is 1.02 bits per heavy atom. The van der Waals surface area contributed by atoms with Crippen molar-refractivity contribution in [2.24, 2.45) is 17.8 Å². The quantitative estimate of drug-likeness (QED) is 0.0256. The van der Waals surface area contributed by atoms with Crippen LogP contribution in [0.4, 0.5) is 17.5 Å². The Labute approximate surface area is 459 Å². The standard InChI is InChI=1S/C12H19N5O8P2.C11H18ClN5O8P2.C10H16ClN5O8P2/c1-13-11-10-12(15-5-14-11)17(6-16-10)8-2-7(4-24-26(18,19)20)9(3-8)25-27(21,22)23;1-13-9-8-10(16-11(12)15-9)17(6-14-8)3-2-7(4-24-26(18,19)20)5-25-27(21,22)23;1-12-8-7-9(15-10(11)14-8)16(5-13-7)2-6(3-23-25(17,18)19)4-24-26(20,21)22/h5-9H,2-4H2,1H3,(H,13,14,15)(H2,18,19,20)(H2,21,22,23);6-7H,2-5H2,1H3,(H,13,15,16)(H2,18,19,20)(H2,21,22,23);5-6H,2-4H2,1H3,(H,12,14,15)(H2,17,18,19)(H2,20,21,22)/p-2/t7-,8-,9?;;/m1../s1. The molecule has 0 saturated heterocycles. The Bertz CT molecular complexity index is 3300. The predicted octanol–water partition coefficient (Wildman–Crippen LogP) is 0.245. The van der Waals surface area contributed by atoms with E-state index in [2.05, 4.69) is 87.9 Å². The first-order chi connectivity index (χ1) is 37.0. The van der Waals surface area contributed by atoms with Crippen LogP contribution in [0.25, 0.3) is 33.5 Å². The number of rotatable bonds is 26. The van der Waals surface area contributed by atoms with Crippen molar-refractivity contribution in [3.05, 3.63) is 35.9 Å². The summed E-state index contributed by atoms with van der Waals surface area (Å²) in [4.78, 5) is 147. The van der Waals surface area contributed by atoms with Crippen LogP contribution < -0.4 is 25.7 Å². The molecule has 448 valence electrons. The van der Waals surface area contributed by atoms with Crippen LogP contribution in [0.15, 0.2) is 25.3 Å². The van der Waals surface area contributed by atoms with Crippen LogP contribution in [-0.4, -0.2) is 168 Å². The number of nitrogens with one attached hydrogen (secondary N) is 3. The highest BCUT2D eigenvalue weighted by molar-refractivity contribution is 7.47. The van der Waals surface area contributed by atoms with Gasteiger partial charge in [-0.25, -0.2) is 43.2 Å². The monoisotopic (exact) mass is 1300 g/mol. The fourth-order valence-electron chi connectivity index (χ4n) is 7.51. The maximum atomic E-state index is 11.1. The molecule has 1 saturated carbocycles. The van der Waals surface area contributed by atoms with Gasteiger partial charge in [-0.1, -0.05) is 0 Å². The summed E-state index contributed by atoms with van der Waals surface area (Å²) in [6.07, 6.45) is 5.22. The Kier molecular flexibility index (Phi) is 23.7. The highest BCUT2D eigenvalue weighted by Crippen LogP contribution is 2.47. The van der Waals surface area contributed by atoms with Gasteiger partial charge in [-0.05, 0) is 42.5 Å². The smallest absolute Gasteiger partial charge is 0.469 e. The van der Waals surface area contributed by atoms with Crippen molar-refractivity contribution in [1.82, 2.24) is 58.6 Å². The van der Waals surface area contributed by atoms with Crippen LogP contribution in [-0.2, 0) is 67.6 Å². The average Bonchev–Trinajstić information content (AvgIpc) is 4.15. The fourth-order valence-corrected chi connectivity index (χ4v) is 10.4. The minimum absolute atomic E-state index is 0.000171. The summed E-state index contributed by atoms with van der Waals surface area (Å²) < 4.78 is 97.0. The lowest BCUT2D eigenvalue weighted by Gasteiger charge is -2.26. The number of nitrogens with zero attached hydrogens (tertiary/aromatic N) is 12. The van der Waals surface area contributed by atoms with Gasteiger partial charge in [-0.2, -0.15) is 19.9 Å². The van der Waals surface area contributed by atoms with Crippen molar-refractivity contribution in [2.45, 2.75) is 44.5 Å². The first-order valence-electron chi connectivity index (χ1n) is 22.2. The summed E-state index contributed by atoms with van der Waals surface area (Å²) in [5.41, 5.74) is 2.59. The van der Waals surface area contributed by atoms with E-state index in [1.165, 1.54) is 29.9 Å². The number of imidazole rings is 3. The molecule has 0 spiro atoms. The molecule has 1 aliphatic rings. The van der Waals surface area contributed by atoms with Crippen LogP contribution in [0.2, 0.25) is 10.6 Å². The van der Waals surface area contributed by atoms with Gasteiger partial charge in [-0.15, -0.1) is 0 Å². The maximum Gasteiger partial charge on any atom is 0.469 e. The number of hydrogen-bond acceptors (Lipinski definition) is 26. The van der Waals surface area contributed by atoms with Crippen molar-refractivity contribution in [3.8, 4) is 0 Å². The van der Waals surface area contributed by atoms with Gasteiger partial charge in [0.05, 0.1) is 58.1 Å². The van der Waals surface area contributed by atoms with Crippen LogP contribution in [0.5, 0.6) is 0 Å². The second-order valence-electron chi connectivity index (χ2n) is 16.6. The summed E-state index contributed by atoms with van der Waals surface area (Å²) in [6, 6.07) is -0.357. The van der Waals surface area contributed by atoms with Crippen molar-refractivity contribution in [1.29, 1.82) is 0 Å². The van der Waals surface area contributed by atoms with Gasteiger partial charge in [0.2, 0.25) is 10.6 Å². The second-order valence-corrected chi connectivity index (χ2v) is 24.6. The van der Waals surface area contributed by atoms with Gasteiger partial charge in [0.25, 0.3) is 15.6 Å². The summed E-state index contributed by atoms with van der Waals surface area (Å²) in [7, 11) is -24.1. The van der Waals surface area contributed by atoms with E-state index in [1.54, 1.807) is 30.3 Å². The molecule has 0 bridgehead atoms. The summed E-state index contributed by atoms with van der Waals surface area (Å²) in [5, 5.41) is 8.46. The average molecular weight is 1300 g/mol. The van der Waals surface area contributed by atoms with E-state index >= 15 is 0 Å². The van der Waals surface area contributed by atoms with Gasteiger partial charge in [0.1, 0.15) is 11.8 Å². The number of aromatic nitrogens is 12. The Morgan fingerprint density at radius 3 is 1.49 bits per heavy atom. The minimum Gasteiger partial charge on any atom is -0.756 e. The van der Waals surface area contributed by atoms with Crippen LogP contribution in [0.3, 0.4) is 0 Å². The molecule has 6 heterocycles. The Morgan fingerprint density at radius 1 is 0.575 bits per heavy atom. The highest BCUT2D eigenvalue weighted by Gasteiger charge is 2.39. The number of phosphoric acid groups is 6. The molecule has 5 atom stereocenters. The summed E-state index contributed by atoms with van der Waals surface area (Å²) >= 11 is 11.7. The molecule has 80 heavy (non-hydrogen) atoms. The van der Waals surface area contributed by atoms with Crippen LogP contribution in [0.1, 0.15) is 25.3 Å². The van der Waals surface area contributed by atoms with Gasteiger partial charge >= 0.3 is 31.3 Å². The molecule has 1 fully saturated rings. The zero-order valence-electron chi connectivity index (χ0n) is 41.3. The fraction of sp³-hybridized carbons (Fsp3) is 0.545. The van der Waals surface area contributed by atoms with E-state index in [9.17, 15) is 37.2 Å². The van der Waals surface area contributed by atoms with E-state index in [0.29, 0.717) is 50.9 Å². The molecule has 6 aromatic heterocycles. The lowest BCUT2D eigenvalue weighted by atomic mass is 10.1. The van der Waals surface area contributed by atoms with Gasteiger partial charge in [0, 0.05) is 58.0 Å². The molecule has 0 amide bonds. The molecule has 0 radical (unpaired) electrons. The maximum absolute atomic E-state index is 11.1. The van der Waals surface area contributed by atoms with Crippen molar-refractivity contribution >= 4 is 121 Å². The Balaban J connectivity index is 0.000000221. The molecule has 13 N–H and O–H groups in total. The number of halogens is 2. The van der Waals surface area contributed by atoms with E-state index < -0.39 is 104 Å². The topological polar surface area (TPSA) is 573 Å². The van der Waals surface area contributed by atoms with Crippen molar-refractivity contribution in [2.75, 3.05) is 70.1 Å². The van der Waals surface area contributed by atoms with Crippen molar-refractivity contribution < 1.29 is 113 Å². The summed E-state index contributed by atoms with van der Waals surface area (Å²) in [5.74, 6) is -0.968. The molecule has 1 aliphatic carbocycles. The molecular formula is C33H51Cl2N15O24P6-2. The molecule has 0 aromatic carbocycles. The molecular weight excluding hydrogens is 1250 g/mol. The van der Waals surface area contributed by atoms with Gasteiger partial charge in [0.15, 0.2) is 45.4 Å². The predicted molar refractivity (Wildman–Crippen MR) is 270 cm³/mol. The highest BCUT2D eigenvalue weighted by atomic mass is 35.5.